The summed E-state index contributed by atoms with van der Waals surface area (Å²) in [5.41, 5.74) is 1.43. The molecule has 0 radical (unpaired) electrons. The van der Waals surface area contributed by atoms with Gasteiger partial charge >= 0.3 is 0 Å². The van der Waals surface area contributed by atoms with Crippen molar-refractivity contribution in [2.24, 2.45) is 0 Å². The lowest BCUT2D eigenvalue weighted by molar-refractivity contribution is -0.787. The minimum atomic E-state index is -0.0593. The van der Waals surface area contributed by atoms with Crippen molar-refractivity contribution in [3.05, 3.63) is 28.2 Å². The number of ether oxygens (including phenoxy) is 1. The lowest BCUT2D eigenvalue weighted by Gasteiger charge is -2.43. The van der Waals surface area contributed by atoms with Gasteiger partial charge in [-0.05, 0) is 68.2 Å². The predicted octanol–water partition coefficient (Wildman–Crippen LogP) is 2.54. The number of hydrogen-bond donors (Lipinski definition) is 2. The molecule has 128 valence electrons. The normalized spacial score (nSPS) is 20.1. The summed E-state index contributed by atoms with van der Waals surface area (Å²) < 4.78 is 6.51. The van der Waals surface area contributed by atoms with Gasteiger partial charge in [0.1, 0.15) is 5.75 Å². The molecule has 0 saturated carbocycles. The third-order valence-electron chi connectivity index (χ3n) is 4.14. The van der Waals surface area contributed by atoms with Crippen LogP contribution in [0, 0.1) is 6.92 Å². The molecule has 1 aliphatic rings. The molecule has 4 nitrogen and oxygen atoms in total. The summed E-state index contributed by atoms with van der Waals surface area (Å²) in [5, 5.41) is 5.54. The van der Waals surface area contributed by atoms with E-state index in [-0.39, 0.29) is 29.6 Å². The van der Waals surface area contributed by atoms with Gasteiger partial charge in [0.05, 0.1) is 15.6 Å². The first kappa shape index (κ1) is 18.3. The summed E-state index contributed by atoms with van der Waals surface area (Å²) in [4.78, 5) is 12.2. The summed E-state index contributed by atoms with van der Waals surface area (Å²) in [6, 6.07) is 6.03. The Labute approximate surface area is 147 Å². The molecule has 1 aromatic carbocycles. The SMILES string of the molecule is Cc1ccc(OCC(=O)NC2CC(C)(C)[NH2+]C(C)(C)C2)c(Br)c1. The van der Waals surface area contributed by atoms with E-state index in [0.717, 1.165) is 22.9 Å². The van der Waals surface area contributed by atoms with Gasteiger partial charge in [0.2, 0.25) is 0 Å². The number of benzene rings is 1. The fraction of sp³-hybridized carbons (Fsp3) is 0.611. The standard InChI is InChI=1S/C18H27BrN2O2/c1-12-6-7-15(14(19)8-12)23-11-16(22)20-13-9-17(2,3)21-18(4,5)10-13/h6-8,13,21H,9-11H2,1-5H3,(H,20,22)/p+1. The molecule has 0 aromatic heterocycles. The van der Waals surface area contributed by atoms with Gasteiger partial charge in [-0.25, -0.2) is 0 Å². The highest BCUT2D eigenvalue weighted by atomic mass is 79.9. The van der Waals surface area contributed by atoms with Gasteiger partial charge in [-0.2, -0.15) is 0 Å². The van der Waals surface area contributed by atoms with Gasteiger partial charge in [-0.3, -0.25) is 4.79 Å². The number of halogens is 1. The third-order valence-corrected chi connectivity index (χ3v) is 4.76. The van der Waals surface area contributed by atoms with Gasteiger partial charge in [0, 0.05) is 18.9 Å². The molecular formula is C18H28BrN2O2+. The zero-order valence-corrected chi connectivity index (χ0v) is 16.3. The Hall–Kier alpha value is -1.07. The predicted molar refractivity (Wildman–Crippen MR) is 95.6 cm³/mol. The molecule has 0 spiro atoms. The number of piperidine rings is 1. The van der Waals surface area contributed by atoms with Gasteiger partial charge in [-0.15, -0.1) is 0 Å². The van der Waals surface area contributed by atoms with E-state index >= 15 is 0 Å². The third kappa shape index (κ3) is 5.50. The molecule has 0 bridgehead atoms. The van der Waals surface area contributed by atoms with E-state index in [1.54, 1.807) is 0 Å². The monoisotopic (exact) mass is 383 g/mol. The van der Waals surface area contributed by atoms with Crippen molar-refractivity contribution < 1.29 is 14.8 Å². The lowest BCUT2D eigenvalue weighted by atomic mass is 9.79. The van der Waals surface area contributed by atoms with E-state index in [4.69, 9.17) is 4.74 Å². The van der Waals surface area contributed by atoms with Crippen LogP contribution in [-0.2, 0) is 4.79 Å². The van der Waals surface area contributed by atoms with Crippen LogP contribution < -0.4 is 15.4 Å². The molecule has 5 heteroatoms. The second-order valence-electron chi connectivity index (χ2n) is 8.02. The van der Waals surface area contributed by atoms with Crippen LogP contribution in [0.25, 0.3) is 0 Å². The number of nitrogens with two attached hydrogens (primary N) is 1. The molecule has 0 aliphatic carbocycles. The fourth-order valence-electron chi connectivity index (χ4n) is 3.76. The topological polar surface area (TPSA) is 54.9 Å². The van der Waals surface area contributed by atoms with Crippen molar-refractivity contribution in [1.82, 2.24) is 5.32 Å². The maximum Gasteiger partial charge on any atom is 0.258 e. The van der Waals surface area contributed by atoms with Crippen molar-refractivity contribution in [3.63, 3.8) is 0 Å². The van der Waals surface area contributed by atoms with E-state index in [0.29, 0.717) is 5.75 Å². The number of nitrogens with one attached hydrogen (secondary N) is 1. The van der Waals surface area contributed by atoms with Gasteiger partial charge in [-0.1, -0.05) is 6.07 Å². The van der Waals surface area contributed by atoms with Crippen LogP contribution in [0.15, 0.2) is 22.7 Å². The van der Waals surface area contributed by atoms with Crippen molar-refractivity contribution >= 4 is 21.8 Å². The molecule has 2 rings (SSSR count). The smallest absolute Gasteiger partial charge is 0.258 e. The lowest BCUT2D eigenvalue weighted by Crippen LogP contribution is -3.06. The molecule has 1 heterocycles. The number of carbonyl (C=O) groups excluding carboxylic acids is 1. The maximum absolute atomic E-state index is 12.2. The average Bonchev–Trinajstić information content (AvgIpc) is 2.33. The molecule has 1 amide bonds. The van der Waals surface area contributed by atoms with E-state index in [9.17, 15) is 4.79 Å². The molecule has 0 atom stereocenters. The Morgan fingerprint density at radius 3 is 2.48 bits per heavy atom. The van der Waals surface area contributed by atoms with Gasteiger partial charge in [0.15, 0.2) is 6.61 Å². The van der Waals surface area contributed by atoms with Crippen LogP contribution in [-0.4, -0.2) is 29.6 Å². The summed E-state index contributed by atoms with van der Waals surface area (Å²) in [6.07, 6.45) is 1.94. The Kier molecular flexibility index (Phi) is 5.41. The van der Waals surface area contributed by atoms with Gasteiger partial charge < -0.3 is 15.4 Å². The van der Waals surface area contributed by atoms with Crippen LogP contribution in [0.3, 0.4) is 0 Å². The van der Waals surface area contributed by atoms with Crippen molar-refractivity contribution in [3.8, 4) is 5.75 Å². The number of rotatable bonds is 4. The molecule has 3 N–H and O–H groups in total. The molecule has 1 saturated heterocycles. The molecule has 1 fully saturated rings. The van der Waals surface area contributed by atoms with Gasteiger partial charge in [0.25, 0.3) is 5.91 Å². The number of quaternary nitrogens is 1. The summed E-state index contributed by atoms with van der Waals surface area (Å²) in [7, 11) is 0. The summed E-state index contributed by atoms with van der Waals surface area (Å²) >= 11 is 3.46. The minimum Gasteiger partial charge on any atom is -0.483 e. The number of aryl methyl sites for hydroxylation is 1. The van der Waals surface area contributed by atoms with Crippen LogP contribution >= 0.6 is 15.9 Å². The number of hydrogen-bond acceptors (Lipinski definition) is 2. The number of amides is 1. The maximum atomic E-state index is 12.2. The molecule has 0 unspecified atom stereocenters. The second kappa shape index (κ2) is 6.81. The van der Waals surface area contributed by atoms with E-state index in [2.05, 4.69) is 54.3 Å². The highest BCUT2D eigenvalue weighted by molar-refractivity contribution is 9.10. The minimum absolute atomic E-state index is 0.0444. The highest BCUT2D eigenvalue weighted by Gasteiger charge is 2.42. The first-order valence-electron chi connectivity index (χ1n) is 8.12. The molecule has 23 heavy (non-hydrogen) atoms. The number of carbonyl (C=O) groups is 1. The summed E-state index contributed by atoms with van der Waals surface area (Å²) in [5.74, 6) is 0.638. The Morgan fingerprint density at radius 2 is 1.91 bits per heavy atom. The Balaban J connectivity index is 1.89. The van der Waals surface area contributed by atoms with Crippen LogP contribution in [0.5, 0.6) is 5.75 Å². The van der Waals surface area contributed by atoms with E-state index in [1.165, 1.54) is 0 Å². The second-order valence-corrected chi connectivity index (χ2v) is 8.87. The zero-order chi connectivity index (χ0) is 17.3. The largest absolute Gasteiger partial charge is 0.483 e. The molecule has 1 aliphatic heterocycles. The highest BCUT2D eigenvalue weighted by Crippen LogP contribution is 2.26. The van der Waals surface area contributed by atoms with Crippen LogP contribution in [0.2, 0.25) is 0 Å². The van der Waals surface area contributed by atoms with Crippen molar-refractivity contribution in [2.45, 2.75) is 64.6 Å². The quantitative estimate of drug-likeness (QED) is 0.838. The summed E-state index contributed by atoms with van der Waals surface area (Å²) in [6.45, 7) is 11.0. The van der Waals surface area contributed by atoms with E-state index in [1.807, 2.05) is 25.1 Å². The first-order chi connectivity index (χ1) is 10.6. The Morgan fingerprint density at radius 1 is 1.30 bits per heavy atom. The molecular weight excluding hydrogens is 356 g/mol. The fourth-order valence-corrected chi connectivity index (χ4v) is 4.36. The molecule has 1 aromatic rings. The van der Waals surface area contributed by atoms with Crippen molar-refractivity contribution in [2.75, 3.05) is 6.61 Å². The van der Waals surface area contributed by atoms with E-state index < -0.39 is 0 Å². The Bertz CT molecular complexity index is 568. The average molecular weight is 384 g/mol. The van der Waals surface area contributed by atoms with Crippen LogP contribution in [0.1, 0.15) is 46.1 Å². The van der Waals surface area contributed by atoms with Crippen molar-refractivity contribution in [1.29, 1.82) is 0 Å². The van der Waals surface area contributed by atoms with Crippen LogP contribution in [0.4, 0.5) is 0 Å². The zero-order valence-electron chi connectivity index (χ0n) is 14.7. The first-order valence-corrected chi connectivity index (χ1v) is 8.91.